The van der Waals surface area contributed by atoms with Crippen molar-refractivity contribution in [1.82, 2.24) is 20.4 Å². The molecule has 1 aromatic heterocycles. The van der Waals surface area contributed by atoms with Crippen molar-refractivity contribution in [2.75, 3.05) is 13.1 Å². The summed E-state index contributed by atoms with van der Waals surface area (Å²) in [6.07, 6.45) is 3.82. The third-order valence-corrected chi connectivity index (χ3v) is 6.32. The number of hydrogen-bond acceptors (Lipinski definition) is 3. The van der Waals surface area contributed by atoms with Gasteiger partial charge in [-0.2, -0.15) is 5.10 Å². The molecule has 3 aromatic carbocycles. The van der Waals surface area contributed by atoms with E-state index >= 15 is 0 Å². The molecule has 4 nitrogen and oxygen atoms in total. The SMILES string of the molecule is Fc1ccc(CN(Cc2cc(-c3ccc4[nH]ncc4c3)ccc2F)C2CCNCC2)cc1. The van der Waals surface area contributed by atoms with E-state index < -0.39 is 0 Å². The van der Waals surface area contributed by atoms with Crippen LogP contribution < -0.4 is 5.32 Å². The van der Waals surface area contributed by atoms with Gasteiger partial charge in [0.05, 0.1) is 11.7 Å². The molecule has 2 heterocycles. The predicted octanol–water partition coefficient (Wildman–Crippen LogP) is 5.26. The Labute approximate surface area is 186 Å². The number of aromatic amines is 1. The molecule has 0 spiro atoms. The first-order valence-corrected chi connectivity index (χ1v) is 11.1. The monoisotopic (exact) mass is 432 g/mol. The van der Waals surface area contributed by atoms with E-state index in [1.807, 2.05) is 36.4 Å². The van der Waals surface area contributed by atoms with Gasteiger partial charge in [0.15, 0.2) is 0 Å². The molecule has 0 radical (unpaired) electrons. The molecule has 6 heteroatoms. The summed E-state index contributed by atoms with van der Waals surface area (Å²) < 4.78 is 28.3. The Morgan fingerprint density at radius 2 is 1.62 bits per heavy atom. The van der Waals surface area contributed by atoms with Crippen LogP contribution in [0, 0.1) is 11.6 Å². The number of nitrogens with zero attached hydrogens (tertiary/aromatic N) is 2. The van der Waals surface area contributed by atoms with Gasteiger partial charge >= 0.3 is 0 Å². The van der Waals surface area contributed by atoms with Crippen molar-refractivity contribution in [2.24, 2.45) is 0 Å². The Morgan fingerprint density at radius 1 is 0.875 bits per heavy atom. The fourth-order valence-corrected chi connectivity index (χ4v) is 4.53. The van der Waals surface area contributed by atoms with Gasteiger partial charge in [-0.05, 0) is 79.0 Å². The molecule has 0 saturated carbocycles. The zero-order valence-electron chi connectivity index (χ0n) is 17.8. The molecule has 32 heavy (non-hydrogen) atoms. The number of benzene rings is 3. The molecule has 4 aromatic rings. The van der Waals surface area contributed by atoms with Crippen LogP contribution in [0.2, 0.25) is 0 Å². The van der Waals surface area contributed by atoms with Crippen LogP contribution in [0.15, 0.2) is 66.9 Å². The Morgan fingerprint density at radius 3 is 2.44 bits per heavy atom. The number of halogens is 2. The average Bonchev–Trinajstić information content (AvgIpc) is 3.30. The average molecular weight is 433 g/mol. The van der Waals surface area contributed by atoms with Crippen LogP contribution in [-0.4, -0.2) is 34.2 Å². The summed E-state index contributed by atoms with van der Waals surface area (Å²) in [5, 5.41) is 11.5. The van der Waals surface area contributed by atoms with E-state index in [4.69, 9.17) is 0 Å². The first-order chi connectivity index (χ1) is 15.7. The maximum absolute atomic E-state index is 14.9. The first-order valence-electron chi connectivity index (χ1n) is 11.1. The van der Waals surface area contributed by atoms with Gasteiger partial charge in [0.25, 0.3) is 0 Å². The second kappa shape index (κ2) is 9.18. The minimum absolute atomic E-state index is 0.198. The summed E-state index contributed by atoms with van der Waals surface area (Å²) in [6.45, 7) is 3.08. The molecule has 2 N–H and O–H groups in total. The minimum atomic E-state index is -0.240. The van der Waals surface area contributed by atoms with Gasteiger partial charge < -0.3 is 5.32 Å². The highest BCUT2D eigenvalue weighted by Crippen LogP contribution is 2.27. The molecule has 1 aliphatic rings. The summed E-state index contributed by atoms with van der Waals surface area (Å²) in [6, 6.07) is 18.4. The topological polar surface area (TPSA) is 44.0 Å². The van der Waals surface area contributed by atoms with Gasteiger partial charge in [-0.3, -0.25) is 10.00 Å². The molecule has 0 amide bonds. The van der Waals surface area contributed by atoms with E-state index in [1.54, 1.807) is 12.3 Å². The highest BCUT2D eigenvalue weighted by atomic mass is 19.1. The van der Waals surface area contributed by atoms with Crippen molar-refractivity contribution in [3.63, 3.8) is 0 Å². The molecule has 0 unspecified atom stereocenters. The van der Waals surface area contributed by atoms with E-state index in [9.17, 15) is 8.78 Å². The lowest BCUT2D eigenvalue weighted by Crippen LogP contribution is -2.42. The van der Waals surface area contributed by atoms with E-state index in [0.717, 1.165) is 53.5 Å². The van der Waals surface area contributed by atoms with Crippen LogP contribution >= 0.6 is 0 Å². The number of fused-ring (bicyclic) bond motifs is 1. The molecule has 1 fully saturated rings. The van der Waals surface area contributed by atoms with Crippen LogP contribution in [-0.2, 0) is 13.1 Å². The van der Waals surface area contributed by atoms with Crippen molar-refractivity contribution in [3.8, 4) is 11.1 Å². The largest absolute Gasteiger partial charge is 0.317 e. The number of hydrogen-bond donors (Lipinski definition) is 2. The Hall–Kier alpha value is -3.09. The van der Waals surface area contributed by atoms with Crippen molar-refractivity contribution < 1.29 is 8.78 Å². The standard InChI is InChI=1S/C26H26F2N4/c27-23-5-1-18(2-6-23)16-32(24-9-11-29-12-10-24)17-22-14-19(3-7-25(22)28)20-4-8-26-21(13-20)15-30-31-26/h1-8,13-15,24,29H,9-12,16-17H2,(H,30,31). The Kier molecular flexibility index (Phi) is 5.97. The number of rotatable bonds is 6. The molecule has 5 rings (SSSR count). The second-order valence-corrected chi connectivity index (χ2v) is 8.49. The van der Waals surface area contributed by atoms with E-state index in [0.29, 0.717) is 24.7 Å². The summed E-state index contributed by atoms with van der Waals surface area (Å²) in [4.78, 5) is 2.33. The van der Waals surface area contributed by atoms with Crippen molar-refractivity contribution >= 4 is 10.9 Å². The summed E-state index contributed by atoms with van der Waals surface area (Å²) in [7, 11) is 0. The third-order valence-electron chi connectivity index (χ3n) is 6.32. The smallest absolute Gasteiger partial charge is 0.127 e. The quantitative estimate of drug-likeness (QED) is 0.437. The molecule has 1 saturated heterocycles. The summed E-state index contributed by atoms with van der Waals surface area (Å²) >= 11 is 0. The van der Waals surface area contributed by atoms with Crippen molar-refractivity contribution in [1.29, 1.82) is 0 Å². The van der Waals surface area contributed by atoms with Crippen molar-refractivity contribution in [3.05, 3.63) is 89.6 Å². The number of nitrogens with one attached hydrogen (secondary N) is 2. The van der Waals surface area contributed by atoms with Crippen LogP contribution in [0.4, 0.5) is 8.78 Å². The number of H-pyrrole nitrogens is 1. The van der Waals surface area contributed by atoms with Crippen molar-refractivity contribution in [2.45, 2.75) is 32.0 Å². The van der Waals surface area contributed by atoms with Crippen LogP contribution in [0.3, 0.4) is 0 Å². The van der Waals surface area contributed by atoms with Gasteiger partial charge in [-0.1, -0.05) is 24.3 Å². The van der Waals surface area contributed by atoms with Crippen LogP contribution in [0.25, 0.3) is 22.0 Å². The lowest BCUT2D eigenvalue weighted by molar-refractivity contribution is 0.144. The van der Waals surface area contributed by atoms with E-state index in [2.05, 4.69) is 26.5 Å². The second-order valence-electron chi connectivity index (χ2n) is 8.49. The Balaban J connectivity index is 1.43. The molecular weight excluding hydrogens is 406 g/mol. The summed E-state index contributed by atoms with van der Waals surface area (Å²) in [5.41, 5.74) is 4.71. The summed E-state index contributed by atoms with van der Waals surface area (Å²) in [5.74, 6) is -0.438. The molecule has 0 aliphatic carbocycles. The highest BCUT2D eigenvalue weighted by molar-refractivity contribution is 5.84. The predicted molar refractivity (Wildman–Crippen MR) is 123 cm³/mol. The van der Waals surface area contributed by atoms with Gasteiger partial charge in [-0.15, -0.1) is 0 Å². The maximum atomic E-state index is 14.9. The zero-order valence-corrected chi connectivity index (χ0v) is 17.8. The molecule has 0 bridgehead atoms. The first kappa shape index (κ1) is 20.8. The lowest BCUT2D eigenvalue weighted by atomic mass is 9.99. The number of aromatic nitrogens is 2. The van der Waals surface area contributed by atoms with Gasteiger partial charge in [-0.25, -0.2) is 8.78 Å². The molecular formula is C26H26F2N4. The zero-order chi connectivity index (χ0) is 21.9. The fourth-order valence-electron chi connectivity index (χ4n) is 4.53. The van der Waals surface area contributed by atoms with Gasteiger partial charge in [0.2, 0.25) is 0 Å². The van der Waals surface area contributed by atoms with Gasteiger partial charge in [0.1, 0.15) is 11.6 Å². The highest BCUT2D eigenvalue weighted by Gasteiger charge is 2.22. The third kappa shape index (κ3) is 4.56. The normalized spacial score (nSPS) is 15.0. The van der Waals surface area contributed by atoms with Crippen LogP contribution in [0.5, 0.6) is 0 Å². The molecule has 164 valence electrons. The van der Waals surface area contributed by atoms with Crippen LogP contribution in [0.1, 0.15) is 24.0 Å². The van der Waals surface area contributed by atoms with E-state index in [1.165, 1.54) is 12.1 Å². The van der Waals surface area contributed by atoms with E-state index in [-0.39, 0.29) is 11.6 Å². The Bertz CT molecular complexity index is 1200. The molecule has 0 atom stereocenters. The van der Waals surface area contributed by atoms with Gasteiger partial charge in [0, 0.05) is 30.1 Å². The fraction of sp³-hybridized carbons (Fsp3) is 0.269. The molecule has 1 aliphatic heterocycles. The lowest BCUT2D eigenvalue weighted by Gasteiger charge is -2.35. The minimum Gasteiger partial charge on any atom is -0.317 e. The maximum Gasteiger partial charge on any atom is 0.127 e. The number of piperidine rings is 1.